The number of aromatic amines is 1. The second kappa shape index (κ2) is 8.05. The van der Waals surface area contributed by atoms with Crippen LogP contribution in [0.2, 0.25) is 5.02 Å². The minimum absolute atomic E-state index is 0.138. The Morgan fingerprint density at radius 2 is 1.77 bits per heavy atom. The molecule has 0 spiro atoms. The summed E-state index contributed by atoms with van der Waals surface area (Å²) in [6.07, 6.45) is 3.44. The molecule has 150 valence electrons. The van der Waals surface area contributed by atoms with Gasteiger partial charge in [0.05, 0.1) is 24.1 Å². The molecular weight excluding hydrogens is 400 g/mol. The zero-order chi connectivity index (χ0) is 21.3. The number of aryl methyl sites for hydroxylation is 1. The predicted molar refractivity (Wildman–Crippen MR) is 116 cm³/mol. The van der Waals surface area contributed by atoms with Gasteiger partial charge < -0.3 is 14.3 Å². The molecule has 5 nitrogen and oxygen atoms in total. The van der Waals surface area contributed by atoms with Crippen LogP contribution >= 0.6 is 11.6 Å². The van der Waals surface area contributed by atoms with E-state index in [1.54, 1.807) is 59.4 Å². The van der Waals surface area contributed by atoms with Crippen molar-refractivity contribution in [1.82, 2.24) is 9.55 Å². The Hall–Kier alpha value is -3.57. The maximum Gasteiger partial charge on any atom is 0.213 e. The summed E-state index contributed by atoms with van der Waals surface area (Å²) >= 11 is 6.10. The monoisotopic (exact) mass is 418 g/mol. The first-order valence-electron chi connectivity index (χ1n) is 9.35. The Bertz CT molecular complexity index is 1250. The van der Waals surface area contributed by atoms with E-state index < -0.39 is 0 Å². The summed E-state index contributed by atoms with van der Waals surface area (Å²) in [5, 5.41) is 0.439. The van der Waals surface area contributed by atoms with Gasteiger partial charge in [0, 0.05) is 23.0 Å². The van der Waals surface area contributed by atoms with E-state index in [-0.39, 0.29) is 11.6 Å². The molecule has 4 aromatic rings. The molecule has 0 aliphatic carbocycles. The Kier molecular flexibility index (Phi) is 5.29. The van der Waals surface area contributed by atoms with Crippen molar-refractivity contribution in [2.75, 3.05) is 7.11 Å². The number of methoxy groups -OCH3 is 1. The zero-order valence-corrected chi connectivity index (χ0v) is 17.2. The molecule has 0 unspecified atom stereocenters. The number of ether oxygens (including phenoxy) is 1. The Morgan fingerprint density at radius 3 is 2.53 bits per heavy atom. The van der Waals surface area contributed by atoms with Crippen LogP contribution in [0.5, 0.6) is 5.75 Å². The molecule has 0 amide bonds. The van der Waals surface area contributed by atoms with E-state index in [0.717, 1.165) is 5.56 Å². The number of H-pyrrole nitrogens is 1. The quantitative estimate of drug-likeness (QED) is 0.435. The molecule has 0 aliphatic heterocycles. The van der Waals surface area contributed by atoms with Crippen LogP contribution in [0.1, 0.15) is 37.7 Å². The van der Waals surface area contributed by atoms with Gasteiger partial charge in [-0.15, -0.1) is 0 Å². The van der Waals surface area contributed by atoms with E-state index in [9.17, 15) is 9.59 Å². The number of benzene rings is 2. The lowest BCUT2D eigenvalue weighted by atomic mass is 10.0. The Morgan fingerprint density at radius 1 is 0.967 bits per heavy atom. The molecule has 0 saturated carbocycles. The predicted octanol–water partition coefficient (Wildman–Crippen LogP) is 5.24. The number of aromatic nitrogens is 2. The van der Waals surface area contributed by atoms with Gasteiger partial charge in [0.2, 0.25) is 11.6 Å². The molecule has 30 heavy (non-hydrogen) atoms. The van der Waals surface area contributed by atoms with Crippen LogP contribution in [0.3, 0.4) is 0 Å². The average Bonchev–Trinajstić information content (AvgIpc) is 3.42. The second-order valence-corrected chi connectivity index (χ2v) is 7.26. The first-order valence-corrected chi connectivity index (χ1v) is 9.72. The van der Waals surface area contributed by atoms with Crippen molar-refractivity contribution in [1.29, 1.82) is 0 Å². The first kappa shape index (κ1) is 19.7. The molecule has 6 heteroatoms. The summed E-state index contributed by atoms with van der Waals surface area (Å²) in [5.41, 5.74) is 3.25. The van der Waals surface area contributed by atoms with Crippen LogP contribution in [-0.2, 0) is 0 Å². The van der Waals surface area contributed by atoms with Crippen LogP contribution in [-0.4, -0.2) is 28.2 Å². The van der Waals surface area contributed by atoms with E-state index in [0.29, 0.717) is 39.0 Å². The third-order valence-electron chi connectivity index (χ3n) is 4.99. The van der Waals surface area contributed by atoms with Gasteiger partial charge in [-0.05, 0) is 48.9 Å². The fourth-order valence-electron chi connectivity index (χ4n) is 3.48. The number of hydrogen-bond acceptors (Lipinski definition) is 3. The summed E-state index contributed by atoms with van der Waals surface area (Å²) in [7, 11) is 1.50. The summed E-state index contributed by atoms with van der Waals surface area (Å²) in [5.74, 6) is 0.0396. The highest BCUT2D eigenvalue weighted by atomic mass is 35.5. The van der Waals surface area contributed by atoms with Crippen molar-refractivity contribution in [3.63, 3.8) is 0 Å². The van der Waals surface area contributed by atoms with E-state index in [1.165, 1.54) is 7.11 Å². The van der Waals surface area contributed by atoms with Gasteiger partial charge in [0.25, 0.3) is 0 Å². The zero-order valence-electron chi connectivity index (χ0n) is 16.5. The van der Waals surface area contributed by atoms with Crippen molar-refractivity contribution in [3.05, 3.63) is 106 Å². The molecule has 0 aliphatic rings. The van der Waals surface area contributed by atoms with Crippen LogP contribution in [0, 0.1) is 6.92 Å². The number of ketones is 2. The standard InChI is InChI=1S/C24H19ClN2O3/c1-15-6-3-4-7-17(15)24(29)22-19(11-12-26-22)27-13-5-8-20(27)23(28)18-14-16(25)9-10-21(18)30-2/h3-14,26H,1-2H3. The molecule has 2 heterocycles. The number of carbonyl (C=O) groups is 2. The van der Waals surface area contributed by atoms with E-state index in [1.807, 2.05) is 25.1 Å². The van der Waals surface area contributed by atoms with Gasteiger partial charge in [-0.25, -0.2) is 0 Å². The Labute approximate surface area is 178 Å². The molecule has 4 rings (SSSR count). The highest BCUT2D eigenvalue weighted by Crippen LogP contribution is 2.27. The summed E-state index contributed by atoms with van der Waals surface area (Å²) in [6.45, 7) is 1.89. The van der Waals surface area contributed by atoms with Crippen molar-refractivity contribution in [2.24, 2.45) is 0 Å². The molecule has 2 aromatic carbocycles. The number of carbonyl (C=O) groups excluding carboxylic acids is 2. The maximum atomic E-state index is 13.3. The number of nitrogens with one attached hydrogen (secondary N) is 1. The number of halogens is 1. The van der Waals surface area contributed by atoms with Crippen molar-refractivity contribution in [2.45, 2.75) is 6.92 Å². The highest BCUT2D eigenvalue weighted by molar-refractivity contribution is 6.31. The lowest BCUT2D eigenvalue weighted by Crippen LogP contribution is -2.13. The van der Waals surface area contributed by atoms with Crippen LogP contribution in [0.4, 0.5) is 0 Å². The van der Waals surface area contributed by atoms with Gasteiger partial charge in [-0.1, -0.05) is 35.9 Å². The fraction of sp³-hybridized carbons (Fsp3) is 0.0833. The van der Waals surface area contributed by atoms with E-state index in [4.69, 9.17) is 16.3 Å². The topological polar surface area (TPSA) is 64.1 Å². The minimum atomic E-state index is -0.255. The fourth-order valence-corrected chi connectivity index (χ4v) is 3.65. The van der Waals surface area contributed by atoms with Gasteiger partial charge in [-0.3, -0.25) is 9.59 Å². The van der Waals surface area contributed by atoms with Crippen molar-refractivity contribution in [3.8, 4) is 11.4 Å². The smallest absolute Gasteiger partial charge is 0.213 e. The summed E-state index contributed by atoms with van der Waals surface area (Å²) in [6, 6.07) is 17.6. The summed E-state index contributed by atoms with van der Waals surface area (Å²) in [4.78, 5) is 29.5. The molecule has 1 N–H and O–H groups in total. The minimum Gasteiger partial charge on any atom is -0.496 e. The second-order valence-electron chi connectivity index (χ2n) is 6.82. The third-order valence-corrected chi connectivity index (χ3v) is 5.22. The van der Waals surface area contributed by atoms with Crippen LogP contribution in [0.15, 0.2) is 73.1 Å². The van der Waals surface area contributed by atoms with Crippen LogP contribution in [0.25, 0.3) is 5.69 Å². The van der Waals surface area contributed by atoms with Gasteiger partial charge in [0.1, 0.15) is 11.4 Å². The largest absolute Gasteiger partial charge is 0.496 e. The lowest BCUT2D eigenvalue weighted by Gasteiger charge is -2.12. The van der Waals surface area contributed by atoms with E-state index in [2.05, 4.69) is 4.98 Å². The van der Waals surface area contributed by atoms with Gasteiger partial charge >= 0.3 is 0 Å². The summed E-state index contributed by atoms with van der Waals surface area (Å²) < 4.78 is 7.03. The molecule has 0 saturated heterocycles. The van der Waals surface area contributed by atoms with Crippen molar-refractivity contribution < 1.29 is 14.3 Å². The van der Waals surface area contributed by atoms with Gasteiger partial charge in [-0.2, -0.15) is 0 Å². The average molecular weight is 419 g/mol. The SMILES string of the molecule is COc1ccc(Cl)cc1C(=O)c1cccn1-c1cc[nH]c1C(=O)c1ccccc1C. The number of nitrogens with zero attached hydrogens (tertiary/aromatic N) is 1. The molecular formula is C24H19ClN2O3. The van der Waals surface area contributed by atoms with Gasteiger partial charge in [0.15, 0.2) is 0 Å². The molecule has 0 fully saturated rings. The molecule has 0 bridgehead atoms. The highest BCUT2D eigenvalue weighted by Gasteiger charge is 2.23. The first-order chi connectivity index (χ1) is 14.5. The van der Waals surface area contributed by atoms with Crippen molar-refractivity contribution >= 4 is 23.2 Å². The number of hydrogen-bond donors (Lipinski definition) is 1. The molecule has 2 aromatic heterocycles. The maximum absolute atomic E-state index is 13.3. The lowest BCUT2D eigenvalue weighted by molar-refractivity contribution is 0.102. The van der Waals surface area contributed by atoms with E-state index >= 15 is 0 Å². The third kappa shape index (κ3) is 3.44. The number of rotatable bonds is 6. The molecule has 0 atom stereocenters. The normalized spacial score (nSPS) is 10.8. The van der Waals surface area contributed by atoms with Crippen LogP contribution < -0.4 is 4.74 Å². The molecule has 0 radical (unpaired) electrons. The Balaban J connectivity index is 1.78.